The van der Waals surface area contributed by atoms with Gasteiger partial charge in [-0.2, -0.15) is 0 Å². The number of methoxy groups -OCH3 is 2. The van der Waals surface area contributed by atoms with Crippen molar-refractivity contribution in [1.29, 1.82) is 0 Å². The fourth-order valence-corrected chi connectivity index (χ4v) is 6.05. The van der Waals surface area contributed by atoms with Crippen LogP contribution in [0.25, 0.3) is 0 Å². The molecule has 0 spiro atoms. The van der Waals surface area contributed by atoms with Crippen LogP contribution in [0.5, 0.6) is 11.5 Å². The van der Waals surface area contributed by atoms with Gasteiger partial charge in [-0.1, -0.05) is 48.0 Å². The molecule has 1 fully saturated rings. The van der Waals surface area contributed by atoms with E-state index in [1.54, 1.807) is 31.3 Å². The number of piperidine rings is 1. The Kier molecular flexibility index (Phi) is 9.43. The largest absolute Gasteiger partial charge is 0.744 e. The van der Waals surface area contributed by atoms with Crippen molar-refractivity contribution in [3.63, 3.8) is 0 Å². The Balaban J connectivity index is 0.000000270. The highest BCUT2D eigenvalue weighted by Crippen LogP contribution is 2.39. The van der Waals surface area contributed by atoms with Gasteiger partial charge in [-0.25, -0.2) is 8.42 Å². The van der Waals surface area contributed by atoms with Gasteiger partial charge in [0.15, 0.2) is 17.3 Å². The van der Waals surface area contributed by atoms with Gasteiger partial charge in [-0.3, -0.25) is 4.79 Å². The SMILES string of the molecule is COc1cc2c(cc1OC)C(=O)[C@H](CC1CC[NH+](Cc3ccccc3)CC1)C2.Cc1ccc(S(=O)(=O)[O-])cc1. The normalized spacial score (nSPS) is 20.5. The van der Waals surface area contributed by atoms with Crippen molar-refractivity contribution in [1.82, 2.24) is 0 Å². The summed E-state index contributed by atoms with van der Waals surface area (Å²) in [5.74, 6) is 2.43. The van der Waals surface area contributed by atoms with E-state index in [0.717, 1.165) is 36.1 Å². The van der Waals surface area contributed by atoms with Crippen LogP contribution in [0.1, 0.15) is 46.3 Å². The summed E-state index contributed by atoms with van der Waals surface area (Å²) in [6.45, 7) is 5.34. The number of carbonyl (C=O) groups is 1. The zero-order chi connectivity index (χ0) is 28.0. The minimum Gasteiger partial charge on any atom is -0.744 e. The highest BCUT2D eigenvalue weighted by atomic mass is 32.2. The van der Waals surface area contributed by atoms with Gasteiger partial charge in [0.1, 0.15) is 16.7 Å². The molecule has 0 aromatic heterocycles. The minimum atomic E-state index is -4.27. The van der Waals surface area contributed by atoms with E-state index in [2.05, 4.69) is 30.3 Å². The highest BCUT2D eigenvalue weighted by molar-refractivity contribution is 7.85. The van der Waals surface area contributed by atoms with Gasteiger partial charge < -0.3 is 18.9 Å². The Labute approximate surface area is 231 Å². The van der Waals surface area contributed by atoms with Crippen molar-refractivity contribution in [2.75, 3.05) is 27.3 Å². The monoisotopic (exact) mass is 551 g/mol. The Morgan fingerprint density at radius 3 is 2.13 bits per heavy atom. The standard InChI is InChI=1S/C24H29NO3.C7H8O3S/c1-27-22-14-19-13-20(24(26)21(19)15-23(22)28-2)12-17-8-10-25(11-9-17)16-18-6-4-3-5-7-18;1-6-2-4-7(5-3-6)11(8,9)10/h3-7,14-15,17,20H,8-13,16H2,1-2H3;2-5H,1H3,(H,8,9,10)/t20-;/m1./s1. The molecule has 1 N–H and O–H groups in total. The molecule has 1 aliphatic carbocycles. The molecule has 0 amide bonds. The number of quaternary nitrogens is 1. The number of rotatable bonds is 7. The molecule has 0 saturated carbocycles. The van der Waals surface area contributed by atoms with Crippen LogP contribution in [0.4, 0.5) is 0 Å². The van der Waals surface area contributed by atoms with Gasteiger partial charge in [0, 0.05) is 17.0 Å². The van der Waals surface area contributed by atoms with Gasteiger partial charge in [0.05, 0.1) is 32.2 Å². The van der Waals surface area contributed by atoms with Crippen LogP contribution in [0.15, 0.2) is 71.6 Å². The van der Waals surface area contributed by atoms with Crippen LogP contribution in [0, 0.1) is 18.8 Å². The van der Waals surface area contributed by atoms with E-state index >= 15 is 0 Å². The van der Waals surface area contributed by atoms with Crippen molar-refractivity contribution < 1.29 is 32.1 Å². The van der Waals surface area contributed by atoms with Crippen molar-refractivity contribution in [2.24, 2.45) is 11.8 Å². The number of aryl methyl sites for hydroxylation is 1. The Morgan fingerprint density at radius 1 is 0.923 bits per heavy atom. The number of ether oxygens (including phenoxy) is 2. The summed E-state index contributed by atoms with van der Waals surface area (Å²) in [5, 5.41) is 0. The molecule has 3 aromatic rings. The van der Waals surface area contributed by atoms with Crippen molar-refractivity contribution in [3.05, 3.63) is 89.0 Å². The average Bonchev–Trinajstić information content (AvgIpc) is 3.23. The molecule has 8 heteroatoms. The summed E-state index contributed by atoms with van der Waals surface area (Å²) in [5.41, 5.74) is 4.28. The predicted octanol–water partition coefficient (Wildman–Crippen LogP) is 3.84. The lowest BCUT2D eigenvalue weighted by molar-refractivity contribution is -0.919. The second-order valence-electron chi connectivity index (χ2n) is 10.5. The number of likely N-dealkylation sites (tertiary alicyclic amines) is 1. The third-order valence-electron chi connectivity index (χ3n) is 7.75. The van der Waals surface area contributed by atoms with E-state index in [0.29, 0.717) is 17.4 Å². The van der Waals surface area contributed by atoms with Gasteiger partial charge in [-0.15, -0.1) is 0 Å². The molecule has 208 valence electrons. The molecule has 0 unspecified atom stereocenters. The number of benzene rings is 3. The smallest absolute Gasteiger partial charge is 0.166 e. The molecule has 7 nitrogen and oxygen atoms in total. The van der Waals surface area contributed by atoms with E-state index in [4.69, 9.17) is 9.47 Å². The van der Waals surface area contributed by atoms with Crippen LogP contribution in [0.2, 0.25) is 0 Å². The van der Waals surface area contributed by atoms with E-state index in [1.807, 2.05) is 19.1 Å². The minimum absolute atomic E-state index is 0.118. The van der Waals surface area contributed by atoms with E-state index in [-0.39, 0.29) is 16.6 Å². The molecule has 3 aromatic carbocycles. The van der Waals surface area contributed by atoms with Crippen LogP contribution >= 0.6 is 0 Å². The number of hydrogen-bond acceptors (Lipinski definition) is 6. The Bertz CT molecular complexity index is 1360. The van der Waals surface area contributed by atoms with Crippen LogP contribution in [0.3, 0.4) is 0 Å². The lowest BCUT2D eigenvalue weighted by Gasteiger charge is -2.30. The number of hydrogen-bond donors (Lipinski definition) is 1. The highest BCUT2D eigenvalue weighted by Gasteiger charge is 2.35. The second kappa shape index (κ2) is 12.8. The number of ketones is 1. The quantitative estimate of drug-likeness (QED) is 0.448. The first kappa shape index (κ1) is 28.8. The van der Waals surface area contributed by atoms with E-state index < -0.39 is 10.1 Å². The molecule has 0 radical (unpaired) electrons. The lowest BCUT2D eigenvalue weighted by Crippen LogP contribution is -3.11. The summed E-state index contributed by atoms with van der Waals surface area (Å²) in [4.78, 5) is 14.4. The number of fused-ring (bicyclic) bond motifs is 1. The molecule has 1 heterocycles. The fourth-order valence-electron chi connectivity index (χ4n) is 5.58. The molecular formula is C31H37NO6S. The molecule has 2 aliphatic rings. The van der Waals surface area contributed by atoms with Gasteiger partial charge in [0.25, 0.3) is 0 Å². The molecular weight excluding hydrogens is 514 g/mol. The summed E-state index contributed by atoms with van der Waals surface area (Å²) in [6.07, 6.45) is 4.28. The summed E-state index contributed by atoms with van der Waals surface area (Å²) < 4.78 is 41.9. The first-order valence-corrected chi connectivity index (χ1v) is 14.8. The van der Waals surface area contributed by atoms with Gasteiger partial charge in [-0.05, 0) is 68.4 Å². The first-order valence-electron chi connectivity index (χ1n) is 13.4. The zero-order valence-corrected chi connectivity index (χ0v) is 23.6. The third-order valence-corrected chi connectivity index (χ3v) is 8.60. The summed E-state index contributed by atoms with van der Waals surface area (Å²) in [6, 6.07) is 20.4. The van der Waals surface area contributed by atoms with Crippen LogP contribution in [-0.4, -0.2) is 46.1 Å². The maximum absolute atomic E-state index is 12.9. The molecule has 1 aliphatic heterocycles. The van der Waals surface area contributed by atoms with Gasteiger partial charge >= 0.3 is 0 Å². The van der Waals surface area contributed by atoms with Crippen molar-refractivity contribution in [3.8, 4) is 11.5 Å². The maximum atomic E-state index is 12.9. The number of nitrogens with one attached hydrogen (secondary N) is 1. The Morgan fingerprint density at radius 2 is 1.54 bits per heavy atom. The second-order valence-corrected chi connectivity index (χ2v) is 11.9. The van der Waals surface area contributed by atoms with Gasteiger partial charge in [0.2, 0.25) is 0 Å². The fraction of sp³-hybridized carbons (Fsp3) is 0.387. The summed E-state index contributed by atoms with van der Waals surface area (Å²) >= 11 is 0. The van der Waals surface area contributed by atoms with Crippen LogP contribution < -0.4 is 14.4 Å². The number of Topliss-reactive ketones (excluding diaryl/α,β-unsaturated/α-hetero) is 1. The van der Waals surface area contributed by atoms with E-state index in [9.17, 15) is 17.8 Å². The molecule has 0 bridgehead atoms. The molecule has 1 atom stereocenters. The third kappa shape index (κ3) is 7.47. The predicted molar refractivity (Wildman–Crippen MR) is 148 cm³/mol. The average molecular weight is 552 g/mol. The maximum Gasteiger partial charge on any atom is 0.166 e. The Hall–Kier alpha value is -3.20. The first-order chi connectivity index (χ1) is 18.7. The van der Waals surface area contributed by atoms with E-state index in [1.165, 1.54) is 43.6 Å². The number of carbonyl (C=O) groups excluding carboxylic acids is 1. The topological polar surface area (TPSA) is 97.2 Å². The molecule has 39 heavy (non-hydrogen) atoms. The van der Waals surface area contributed by atoms with Crippen LogP contribution in [-0.2, 0) is 23.1 Å². The summed E-state index contributed by atoms with van der Waals surface area (Å²) in [7, 11) is -1.01. The lowest BCUT2D eigenvalue weighted by atomic mass is 9.85. The van der Waals surface area contributed by atoms with Crippen molar-refractivity contribution >= 4 is 15.9 Å². The zero-order valence-electron chi connectivity index (χ0n) is 22.8. The molecule has 5 rings (SSSR count). The van der Waals surface area contributed by atoms with Crippen molar-refractivity contribution in [2.45, 2.75) is 44.0 Å². The molecule has 1 saturated heterocycles.